The van der Waals surface area contributed by atoms with Gasteiger partial charge in [0, 0.05) is 12.8 Å². The number of nitrogens with two attached hydrogens (primary N) is 1. The zero-order valence-electron chi connectivity index (χ0n) is 11.7. The Bertz CT molecular complexity index is 364. The van der Waals surface area contributed by atoms with E-state index in [1.165, 1.54) is 0 Å². The number of hydrogen-bond donors (Lipinski definition) is 1. The number of esters is 1. The maximum atomic E-state index is 12.1. The molecule has 0 aliphatic carbocycles. The van der Waals surface area contributed by atoms with Gasteiger partial charge in [-0.25, -0.2) is 8.42 Å². The lowest BCUT2D eigenvalue weighted by Crippen LogP contribution is -2.42. The Morgan fingerprint density at radius 1 is 1.39 bits per heavy atom. The predicted octanol–water partition coefficient (Wildman–Crippen LogP) is 0.975. The fourth-order valence-corrected chi connectivity index (χ4v) is 2.76. The smallest absolute Gasteiger partial charge is 0.313 e. The summed E-state index contributed by atoms with van der Waals surface area (Å²) >= 11 is 0. The molecule has 0 saturated carbocycles. The molecular formula is C12H25NO4S. The SMILES string of the molecule is CCOC(=O)C(CN)(CCS(C)(=O)=O)CC(C)C. The van der Waals surface area contributed by atoms with Crippen LogP contribution in [-0.2, 0) is 19.4 Å². The van der Waals surface area contributed by atoms with E-state index < -0.39 is 15.3 Å². The predicted molar refractivity (Wildman–Crippen MR) is 71.9 cm³/mol. The Labute approximate surface area is 110 Å². The molecule has 0 saturated heterocycles. The Morgan fingerprint density at radius 3 is 2.28 bits per heavy atom. The van der Waals surface area contributed by atoms with Crippen molar-refractivity contribution in [3.05, 3.63) is 0 Å². The van der Waals surface area contributed by atoms with Crippen LogP contribution in [0.1, 0.15) is 33.6 Å². The Balaban J connectivity index is 5.03. The minimum Gasteiger partial charge on any atom is -0.466 e. The van der Waals surface area contributed by atoms with E-state index in [1.54, 1.807) is 6.92 Å². The zero-order valence-corrected chi connectivity index (χ0v) is 12.5. The third kappa shape index (κ3) is 5.82. The summed E-state index contributed by atoms with van der Waals surface area (Å²) in [6.07, 6.45) is 1.92. The van der Waals surface area contributed by atoms with Crippen LogP contribution >= 0.6 is 0 Å². The van der Waals surface area contributed by atoms with E-state index >= 15 is 0 Å². The highest BCUT2D eigenvalue weighted by Crippen LogP contribution is 2.31. The fourth-order valence-electron chi connectivity index (χ4n) is 2.00. The molecule has 0 aromatic heterocycles. The molecule has 0 rings (SSSR count). The second-order valence-corrected chi connectivity index (χ2v) is 7.44. The van der Waals surface area contributed by atoms with Crippen LogP contribution in [0.2, 0.25) is 0 Å². The third-order valence-corrected chi connectivity index (χ3v) is 3.80. The third-order valence-electron chi connectivity index (χ3n) is 2.85. The van der Waals surface area contributed by atoms with Gasteiger partial charge in [-0.2, -0.15) is 0 Å². The summed E-state index contributed by atoms with van der Waals surface area (Å²) < 4.78 is 27.6. The monoisotopic (exact) mass is 279 g/mol. The fraction of sp³-hybridized carbons (Fsp3) is 0.917. The first-order valence-electron chi connectivity index (χ1n) is 6.22. The lowest BCUT2D eigenvalue weighted by Gasteiger charge is -2.31. The largest absolute Gasteiger partial charge is 0.466 e. The normalized spacial score (nSPS) is 15.4. The van der Waals surface area contributed by atoms with Gasteiger partial charge in [-0.15, -0.1) is 0 Å². The van der Waals surface area contributed by atoms with Crippen molar-refractivity contribution in [1.82, 2.24) is 0 Å². The molecule has 2 N–H and O–H groups in total. The van der Waals surface area contributed by atoms with Crippen LogP contribution < -0.4 is 5.73 Å². The molecule has 0 amide bonds. The van der Waals surface area contributed by atoms with Crippen LogP contribution in [0.25, 0.3) is 0 Å². The van der Waals surface area contributed by atoms with E-state index in [0.29, 0.717) is 6.42 Å². The van der Waals surface area contributed by atoms with Gasteiger partial charge in [0.2, 0.25) is 0 Å². The number of rotatable bonds is 8. The van der Waals surface area contributed by atoms with Crippen LogP contribution in [-0.4, -0.2) is 39.5 Å². The second kappa shape index (κ2) is 7.09. The number of ether oxygens (including phenoxy) is 1. The summed E-state index contributed by atoms with van der Waals surface area (Å²) in [4.78, 5) is 12.1. The minimum absolute atomic E-state index is 0.0459. The van der Waals surface area contributed by atoms with Crippen molar-refractivity contribution >= 4 is 15.8 Å². The van der Waals surface area contributed by atoms with Gasteiger partial charge < -0.3 is 10.5 Å². The zero-order chi connectivity index (χ0) is 14.4. The molecule has 0 radical (unpaired) electrons. The molecule has 108 valence electrons. The number of sulfone groups is 1. The molecule has 0 heterocycles. The Morgan fingerprint density at radius 2 is 1.94 bits per heavy atom. The summed E-state index contributed by atoms with van der Waals surface area (Å²) in [7, 11) is -3.11. The highest BCUT2D eigenvalue weighted by molar-refractivity contribution is 7.90. The van der Waals surface area contributed by atoms with Crippen LogP contribution in [0.4, 0.5) is 0 Å². The lowest BCUT2D eigenvalue weighted by atomic mass is 9.78. The van der Waals surface area contributed by atoms with E-state index in [1.807, 2.05) is 13.8 Å². The van der Waals surface area contributed by atoms with Gasteiger partial charge in [-0.05, 0) is 25.7 Å². The average Bonchev–Trinajstić information content (AvgIpc) is 2.23. The van der Waals surface area contributed by atoms with Crippen molar-refractivity contribution in [3.8, 4) is 0 Å². The van der Waals surface area contributed by atoms with Gasteiger partial charge >= 0.3 is 5.97 Å². The first-order chi connectivity index (χ1) is 8.17. The Kier molecular flexibility index (Phi) is 6.84. The van der Waals surface area contributed by atoms with Crippen molar-refractivity contribution in [2.24, 2.45) is 17.1 Å². The molecule has 18 heavy (non-hydrogen) atoms. The maximum absolute atomic E-state index is 12.1. The molecule has 0 spiro atoms. The molecule has 1 atom stereocenters. The highest BCUT2D eigenvalue weighted by Gasteiger charge is 2.39. The summed E-state index contributed by atoms with van der Waals surface area (Å²) in [6, 6.07) is 0. The number of hydrogen-bond acceptors (Lipinski definition) is 5. The maximum Gasteiger partial charge on any atom is 0.313 e. The van der Waals surface area contributed by atoms with E-state index in [0.717, 1.165) is 6.26 Å². The molecule has 0 fully saturated rings. The topological polar surface area (TPSA) is 86.5 Å². The van der Waals surface area contributed by atoms with Crippen molar-refractivity contribution in [3.63, 3.8) is 0 Å². The van der Waals surface area contributed by atoms with Gasteiger partial charge in [0.1, 0.15) is 9.84 Å². The summed E-state index contributed by atoms with van der Waals surface area (Å²) in [6.45, 7) is 6.07. The number of carbonyl (C=O) groups is 1. The summed E-state index contributed by atoms with van der Waals surface area (Å²) in [5, 5.41) is 0. The van der Waals surface area contributed by atoms with Crippen LogP contribution in [0, 0.1) is 11.3 Å². The van der Waals surface area contributed by atoms with Gasteiger partial charge in [0.25, 0.3) is 0 Å². The van der Waals surface area contributed by atoms with Gasteiger partial charge in [0.05, 0.1) is 17.8 Å². The van der Waals surface area contributed by atoms with E-state index in [4.69, 9.17) is 10.5 Å². The molecule has 5 nitrogen and oxygen atoms in total. The second-order valence-electron chi connectivity index (χ2n) is 5.18. The average molecular weight is 279 g/mol. The first-order valence-corrected chi connectivity index (χ1v) is 8.28. The van der Waals surface area contributed by atoms with Gasteiger partial charge in [0.15, 0.2) is 0 Å². The molecule has 0 aromatic carbocycles. The Hall–Kier alpha value is -0.620. The minimum atomic E-state index is -3.11. The van der Waals surface area contributed by atoms with Crippen molar-refractivity contribution < 1.29 is 17.9 Å². The van der Waals surface area contributed by atoms with Crippen LogP contribution in [0.15, 0.2) is 0 Å². The molecule has 0 bridgehead atoms. The quantitative estimate of drug-likeness (QED) is 0.669. The summed E-state index contributed by atoms with van der Waals surface area (Å²) in [5.41, 5.74) is 4.84. The first kappa shape index (κ1) is 17.4. The van der Waals surface area contributed by atoms with Gasteiger partial charge in [-0.3, -0.25) is 4.79 Å². The molecule has 0 aromatic rings. The lowest BCUT2D eigenvalue weighted by molar-refractivity contribution is -0.156. The van der Waals surface area contributed by atoms with Crippen LogP contribution in [0.5, 0.6) is 0 Å². The highest BCUT2D eigenvalue weighted by atomic mass is 32.2. The van der Waals surface area contributed by atoms with E-state index in [-0.39, 0.29) is 37.2 Å². The van der Waals surface area contributed by atoms with Crippen molar-refractivity contribution in [2.75, 3.05) is 25.2 Å². The summed E-state index contributed by atoms with van der Waals surface area (Å²) in [5.74, 6) is -0.183. The van der Waals surface area contributed by atoms with E-state index in [2.05, 4.69) is 0 Å². The molecular weight excluding hydrogens is 254 g/mol. The molecule has 6 heteroatoms. The molecule has 1 unspecified atom stereocenters. The van der Waals surface area contributed by atoms with E-state index in [9.17, 15) is 13.2 Å². The van der Waals surface area contributed by atoms with Gasteiger partial charge in [-0.1, -0.05) is 13.8 Å². The molecule has 0 aliphatic heterocycles. The standard InChI is InChI=1S/C12H25NO4S/c1-5-17-11(14)12(9-13,8-10(2)3)6-7-18(4,15)16/h10H,5-9,13H2,1-4H3. The van der Waals surface area contributed by atoms with Crippen molar-refractivity contribution in [1.29, 1.82) is 0 Å². The molecule has 0 aliphatic rings. The van der Waals surface area contributed by atoms with Crippen LogP contribution in [0.3, 0.4) is 0 Å². The number of carbonyl (C=O) groups excluding carboxylic acids is 1. The van der Waals surface area contributed by atoms with Crippen molar-refractivity contribution in [2.45, 2.75) is 33.6 Å².